The normalized spacial score (nSPS) is 12.9. The molecule has 0 bridgehead atoms. The van der Waals surface area contributed by atoms with Gasteiger partial charge in [0.25, 0.3) is 5.91 Å². The first kappa shape index (κ1) is 19.7. The predicted molar refractivity (Wildman–Crippen MR) is 89.2 cm³/mol. The van der Waals surface area contributed by atoms with Crippen molar-refractivity contribution in [3.8, 4) is 0 Å². The highest BCUT2D eigenvalue weighted by molar-refractivity contribution is 7.07. The molecule has 1 aliphatic rings. The third kappa shape index (κ3) is 9.64. The van der Waals surface area contributed by atoms with Crippen molar-refractivity contribution in [2.24, 2.45) is 5.73 Å². The Morgan fingerprint density at radius 1 is 1.38 bits per heavy atom. The molecule has 1 aliphatic heterocycles. The summed E-state index contributed by atoms with van der Waals surface area (Å²) in [4.78, 5) is 24.4. The molecule has 1 fully saturated rings. The van der Waals surface area contributed by atoms with E-state index in [0.717, 1.165) is 0 Å². The lowest BCUT2D eigenvalue weighted by atomic mass is 10.2. The highest BCUT2D eigenvalue weighted by Gasteiger charge is 2.08. The average Bonchev–Trinajstić information content (AvgIpc) is 3.28. The van der Waals surface area contributed by atoms with E-state index in [1.54, 1.807) is 10.9 Å². The summed E-state index contributed by atoms with van der Waals surface area (Å²) in [5.41, 5.74) is 6.47. The van der Waals surface area contributed by atoms with Crippen LogP contribution in [0.15, 0.2) is 21.7 Å². The third-order valence-electron chi connectivity index (χ3n) is 2.68. The minimum atomic E-state index is -0.333. The van der Waals surface area contributed by atoms with Crippen molar-refractivity contribution in [2.75, 3.05) is 13.1 Å². The molecule has 9 nitrogen and oxygen atoms in total. The van der Waals surface area contributed by atoms with Crippen LogP contribution in [0.1, 0.15) is 42.6 Å². The monoisotopic (exact) mass is 354 g/mol. The molecule has 3 heterocycles. The van der Waals surface area contributed by atoms with Crippen LogP contribution in [0.5, 0.6) is 0 Å². The van der Waals surface area contributed by atoms with Gasteiger partial charge in [0.2, 0.25) is 18.2 Å². The van der Waals surface area contributed by atoms with E-state index < -0.39 is 0 Å². The maximum Gasteiger partial charge on any atom is 0.271 e. The Morgan fingerprint density at radius 2 is 2.08 bits per heavy atom. The lowest BCUT2D eigenvalue weighted by Crippen LogP contribution is -2.23. The maximum atomic E-state index is 11.3. The Hall–Kier alpha value is -2.33. The quantitative estimate of drug-likeness (QED) is 0.738. The predicted octanol–water partition coefficient (Wildman–Crippen LogP) is 0.708. The molecule has 0 unspecified atom stereocenters. The number of amides is 2. The Kier molecular flexibility index (Phi) is 9.97. The standard InChI is InChI=1S/C7H6N4O2S.C5H11N.C2H5NO/c12-7(5-2-14-4-9-5)8-1-6-11-10-3-13-6;1-2-4-6-5-3-1;1-2(3)4/h2-4H,1H2,(H,8,12);6H,1-5H2;1H3,(H2,3,4). The molecule has 10 heteroatoms. The van der Waals surface area contributed by atoms with E-state index in [1.165, 1.54) is 57.0 Å². The van der Waals surface area contributed by atoms with E-state index in [9.17, 15) is 9.59 Å². The van der Waals surface area contributed by atoms with E-state index >= 15 is 0 Å². The van der Waals surface area contributed by atoms with Gasteiger partial charge in [0.1, 0.15) is 5.69 Å². The lowest BCUT2D eigenvalue weighted by molar-refractivity contribution is -0.115. The van der Waals surface area contributed by atoms with Crippen LogP contribution in [0.25, 0.3) is 0 Å². The largest absolute Gasteiger partial charge is 0.426 e. The Balaban J connectivity index is 0.000000238. The van der Waals surface area contributed by atoms with Gasteiger partial charge in [-0.1, -0.05) is 6.42 Å². The summed E-state index contributed by atoms with van der Waals surface area (Å²) in [6, 6.07) is 0. The van der Waals surface area contributed by atoms with E-state index in [1.807, 2.05) is 0 Å². The summed E-state index contributed by atoms with van der Waals surface area (Å²) in [6.07, 6.45) is 5.43. The van der Waals surface area contributed by atoms with Crippen LogP contribution in [-0.2, 0) is 11.3 Å². The van der Waals surface area contributed by atoms with Crippen LogP contribution in [0.2, 0.25) is 0 Å². The SMILES string of the molecule is C1CCNCC1.CC(N)=O.O=C(NCc1nnco1)c1cscn1. The molecule has 0 aromatic carbocycles. The number of primary amides is 1. The van der Waals surface area contributed by atoms with Crippen LogP contribution >= 0.6 is 11.3 Å². The Labute approximate surface area is 144 Å². The maximum absolute atomic E-state index is 11.3. The molecule has 132 valence electrons. The van der Waals surface area contributed by atoms with Crippen molar-refractivity contribution in [3.05, 3.63) is 28.9 Å². The fraction of sp³-hybridized carbons (Fsp3) is 0.500. The lowest BCUT2D eigenvalue weighted by Gasteiger charge is -2.08. The van der Waals surface area contributed by atoms with Gasteiger partial charge in [-0.25, -0.2) is 4.98 Å². The van der Waals surface area contributed by atoms with Gasteiger partial charge in [0.05, 0.1) is 12.1 Å². The van der Waals surface area contributed by atoms with Gasteiger partial charge >= 0.3 is 0 Å². The van der Waals surface area contributed by atoms with E-state index in [0.29, 0.717) is 11.6 Å². The van der Waals surface area contributed by atoms with Crippen molar-refractivity contribution in [1.82, 2.24) is 25.8 Å². The number of nitrogens with two attached hydrogens (primary N) is 1. The fourth-order valence-corrected chi connectivity index (χ4v) is 2.18. The summed E-state index contributed by atoms with van der Waals surface area (Å²) < 4.78 is 4.85. The number of nitrogens with one attached hydrogen (secondary N) is 2. The minimum Gasteiger partial charge on any atom is -0.426 e. The fourth-order valence-electron chi connectivity index (χ4n) is 1.65. The molecular weight excluding hydrogens is 332 g/mol. The number of hydrogen-bond acceptors (Lipinski definition) is 8. The molecule has 2 amide bonds. The van der Waals surface area contributed by atoms with Gasteiger partial charge in [0, 0.05) is 12.3 Å². The van der Waals surface area contributed by atoms with Crippen LogP contribution in [0.3, 0.4) is 0 Å². The minimum absolute atomic E-state index is 0.219. The molecule has 24 heavy (non-hydrogen) atoms. The van der Waals surface area contributed by atoms with Crippen molar-refractivity contribution >= 4 is 23.2 Å². The molecule has 0 atom stereocenters. The Morgan fingerprint density at radius 3 is 2.50 bits per heavy atom. The number of carbonyl (C=O) groups is 2. The van der Waals surface area contributed by atoms with Crippen molar-refractivity contribution < 1.29 is 14.0 Å². The van der Waals surface area contributed by atoms with Crippen LogP contribution in [0, 0.1) is 0 Å². The highest BCUT2D eigenvalue weighted by Crippen LogP contribution is 2.00. The van der Waals surface area contributed by atoms with Gasteiger partial charge in [-0.15, -0.1) is 21.5 Å². The third-order valence-corrected chi connectivity index (χ3v) is 3.26. The Bertz CT molecular complexity index is 554. The van der Waals surface area contributed by atoms with Gasteiger partial charge in [-0.05, 0) is 25.9 Å². The number of thiazole rings is 1. The van der Waals surface area contributed by atoms with Crippen molar-refractivity contribution in [3.63, 3.8) is 0 Å². The van der Waals surface area contributed by atoms with Gasteiger partial charge in [-0.2, -0.15) is 0 Å². The molecule has 0 spiro atoms. The zero-order valence-electron chi connectivity index (χ0n) is 13.5. The van der Waals surface area contributed by atoms with E-state index in [4.69, 9.17) is 4.42 Å². The zero-order valence-corrected chi connectivity index (χ0v) is 14.3. The summed E-state index contributed by atoms with van der Waals surface area (Å²) in [5.74, 6) is -0.210. The average molecular weight is 354 g/mol. The van der Waals surface area contributed by atoms with Gasteiger partial charge in [0.15, 0.2) is 0 Å². The number of aromatic nitrogens is 3. The number of piperidine rings is 1. The molecule has 3 rings (SSSR count). The number of rotatable bonds is 3. The second kappa shape index (κ2) is 12.1. The van der Waals surface area contributed by atoms with Crippen LogP contribution < -0.4 is 16.4 Å². The summed E-state index contributed by atoms with van der Waals surface area (Å²) in [5, 5.41) is 14.7. The van der Waals surface area contributed by atoms with E-state index in [2.05, 4.69) is 31.5 Å². The highest BCUT2D eigenvalue weighted by atomic mass is 32.1. The zero-order chi connectivity index (χ0) is 17.6. The molecule has 0 aliphatic carbocycles. The summed E-state index contributed by atoms with van der Waals surface area (Å²) >= 11 is 1.37. The molecular formula is C14H22N6O3S. The second-order valence-corrected chi connectivity index (χ2v) is 5.53. The molecule has 2 aromatic rings. The number of hydrogen-bond donors (Lipinski definition) is 3. The second-order valence-electron chi connectivity index (χ2n) is 4.81. The molecule has 2 aromatic heterocycles. The first-order valence-electron chi connectivity index (χ1n) is 7.47. The summed E-state index contributed by atoms with van der Waals surface area (Å²) in [7, 11) is 0. The first-order chi connectivity index (χ1) is 11.6. The van der Waals surface area contributed by atoms with Gasteiger partial charge < -0.3 is 20.8 Å². The van der Waals surface area contributed by atoms with Gasteiger partial charge in [-0.3, -0.25) is 9.59 Å². The van der Waals surface area contributed by atoms with Crippen LogP contribution in [-0.4, -0.2) is 40.1 Å². The molecule has 1 saturated heterocycles. The number of carbonyl (C=O) groups excluding carboxylic acids is 2. The molecule has 4 N–H and O–H groups in total. The summed E-state index contributed by atoms with van der Waals surface area (Å²) in [6.45, 7) is 4.02. The van der Waals surface area contributed by atoms with Crippen molar-refractivity contribution in [2.45, 2.75) is 32.7 Å². The topological polar surface area (TPSA) is 136 Å². The van der Waals surface area contributed by atoms with Crippen molar-refractivity contribution in [1.29, 1.82) is 0 Å². The number of nitrogens with zero attached hydrogens (tertiary/aromatic N) is 3. The first-order valence-corrected chi connectivity index (χ1v) is 8.42. The van der Waals surface area contributed by atoms with E-state index in [-0.39, 0.29) is 18.4 Å². The smallest absolute Gasteiger partial charge is 0.271 e. The molecule has 0 radical (unpaired) electrons. The van der Waals surface area contributed by atoms with Crippen LogP contribution in [0.4, 0.5) is 0 Å². The molecule has 0 saturated carbocycles.